The first-order valence-electron chi connectivity index (χ1n) is 7.56. The van der Waals surface area contributed by atoms with Crippen LogP contribution < -0.4 is 4.74 Å². The second kappa shape index (κ2) is 6.88. The van der Waals surface area contributed by atoms with E-state index in [0.717, 1.165) is 16.5 Å². The molecule has 2 aromatic carbocycles. The zero-order valence-electron chi connectivity index (χ0n) is 12.9. The van der Waals surface area contributed by atoms with E-state index in [1.54, 1.807) is 24.4 Å². The fraction of sp³-hybridized carbons (Fsp3) is 0.100. The van der Waals surface area contributed by atoms with Gasteiger partial charge in [-0.05, 0) is 48.9 Å². The Labute approximate surface area is 135 Å². The molecule has 3 nitrogen and oxygen atoms in total. The molecule has 3 aromatic rings. The number of pyridine rings is 1. The Hall–Kier alpha value is -2.94. The van der Waals surface area contributed by atoms with Crippen LogP contribution in [-0.4, -0.2) is 17.4 Å². The Balaban J connectivity index is 1.80. The van der Waals surface area contributed by atoms with E-state index < -0.39 is 0 Å². The molecule has 0 N–H and O–H groups in total. The van der Waals surface area contributed by atoms with Gasteiger partial charge in [0, 0.05) is 17.1 Å². The molecule has 1 aromatic heterocycles. The molecular formula is C20H17NO2. The van der Waals surface area contributed by atoms with Crippen LogP contribution in [0.5, 0.6) is 5.75 Å². The minimum Gasteiger partial charge on any atom is -0.494 e. The summed E-state index contributed by atoms with van der Waals surface area (Å²) in [6.07, 6.45) is 5.18. The first kappa shape index (κ1) is 15.0. The molecule has 0 bridgehead atoms. The summed E-state index contributed by atoms with van der Waals surface area (Å²) in [6.45, 7) is 2.50. The second-order valence-corrected chi connectivity index (χ2v) is 5.11. The summed E-state index contributed by atoms with van der Waals surface area (Å²) < 4.78 is 5.42. The molecule has 114 valence electrons. The van der Waals surface area contributed by atoms with Gasteiger partial charge in [-0.25, -0.2) is 0 Å². The summed E-state index contributed by atoms with van der Waals surface area (Å²) in [7, 11) is 0. The molecule has 0 unspecified atom stereocenters. The molecule has 0 fully saturated rings. The molecule has 0 saturated heterocycles. The van der Waals surface area contributed by atoms with Crippen LogP contribution in [0.15, 0.2) is 66.9 Å². The predicted molar refractivity (Wildman–Crippen MR) is 92.7 cm³/mol. The van der Waals surface area contributed by atoms with Crippen LogP contribution in [0.25, 0.3) is 17.0 Å². The lowest BCUT2D eigenvalue weighted by atomic mass is 10.1. The zero-order valence-corrected chi connectivity index (χ0v) is 12.9. The number of ketones is 1. The van der Waals surface area contributed by atoms with E-state index in [1.807, 2.05) is 55.5 Å². The van der Waals surface area contributed by atoms with Gasteiger partial charge >= 0.3 is 0 Å². The second-order valence-electron chi connectivity index (χ2n) is 5.11. The standard InChI is InChI=1S/C20H17NO2/c1-2-23-18-7-3-5-17(14-18)20(22)11-9-15-8-10-19-16(13-15)6-4-12-21-19/h3-14H,2H2,1H3/b11-9+. The van der Waals surface area contributed by atoms with Crippen molar-refractivity contribution in [1.29, 1.82) is 0 Å². The first-order chi connectivity index (χ1) is 11.3. The normalized spacial score (nSPS) is 11.0. The average molecular weight is 303 g/mol. The van der Waals surface area contributed by atoms with Crippen molar-refractivity contribution in [2.45, 2.75) is 6.92 Å². The van der Waals surface area contributed by atoms with Crippen LogP contribution in [0.3, 0.4) is 0 Å². The molecular weight excluding hydrogens is 286 g/mol. The highest BCUT2D eigenvalue weighted by Gasteiger charge is 2.03. The Bertz CT molecular complexity index is 868. The lowest BCUT2D eigenvalue weighted by molar-refractivity contribution is 0.104. The number of carbonyl (C=O) groups excluding carboxylic acids is 1. The van der Waals surface area contributed by atoms with Crippen molar-refractivity contribution in [3.8, 4) is 5.75 Å². The number of nitrogens with zero attached hydrogens (tertiary/aromatic N) is 1. The number of fused-ring (bicyclic) bond motifs is 1. The van der Waals surface area contributed by atoms with Gasteiger partial charge in [-0.15, -0.1) is 0 Å². The summed E-state index contributed by atoms with van der Waals surface area (Å²) in [5, 5.41) is 1.06. The van der Waals surface area contributed by atoms with E-state index in [0.29, 0.717) is 17.9 Å². The molecule has 0 aliphatic carbocycles. The molecule has 1 heterocycles. The Morgan fingerprint density at radius 1 is 1.13 bits per heavy atom. The number of allylic oxidation sites excluding steroid dienone is 1. The van der Waals surface area contributed by atoms with E-state index in [-0.39, 0.29) is 5.78 Å². The third kappa shape index (κ3) is 3.64. The van der Waals surface area contributed by atoms with E-state index in [2.05, 4.69) is 4.98 Å². The molecule has 0 amide bonds. The van der Waals surface area contributed by atoms with Gasteiger partial charge in [0.15, 0.2) is 5.78 Å². The van der Waals surface area contributed by atoms with Crippen LogP contribution in [0.4, 0.5) is 0 Å². The van der Waals surface area contributed by atoms with Gasteiger partial charge < -0.3 is 4.74 Å². The Morgan fingerprint density at radius 3 is 2.91 bits per heavy atom. The summed E-state index contributed by atoms with van der Waals surface area (Å²) in [4.78, 5) is 16.6. The quantitative estimate of drug-likeness (QED) is 0.513. The van der Waals surface area contributed by atoms with E-state index >= 15 is 0 Å². The first-order valence-corrected chi connectivity index (χ1v) is 7.56. The van der Waals surface area contributed by atoms with Gasteiger partial charge in [-0.3, -0.25) is 9.78 Å². The van der Waals surface area contributed by atoms with Crippen molar-refractivity contribution >= 4 is 22.8 Å². The number of ether oxygens (including phenoxy) is 1. The number of rotatable bonds is 5. The topological polar surface area (TPSA) is 39.2 Å². The maximum Gasteiger partial charge on any atom is 0.185 e. The van der Waals surface area contributed by atoms with Gasteiger partial charge in [0.2, 0.25) is 0 Å². The number of aromatic nitrogens is 1. The van der Waals surface area contributed by atoms with Crippen molar-refractivity contribution in [2.24, 2.45) is 0 Å². The minimum atomic E-state index is -0.0437. The highest BCUT2D eigenvalue weighted by molar-refractivity contribution is 6.07. The molecule has 0 atom stereocenters. The van der Waals surface area contributed by atoms with E-state index in [9.17, 15) is 4.79 Å². The molecule has 0 aliphatic rings. The molecule has 0 radical (unpaired) electrons. The van der Waals surface area contributed by atoms with E-state index in [1.165, 1.54) is 0 Å². The maximum absolute atomic E-state index is 12.3. The van der Waals surface area contributed by atoms with Crippen molar-refractivity contribution < 1.29 is 9.53 Å². The van der Waals surface area contributed by atoms with Crippen molar-refractivity contribution in [1.82, 2.24) is 4.98 Å². The van der Waals surface area contributed by atoms with Gasteiger partial charge in [-0.2, -0.15) is 0 Å². The number of hydrogen-bond acceptors (Lipinski definition) is 3. The Morgan fingerprint density at radius 2 is 2.04 bits per heavy atom. The molecule has 0 aliphatic heterocycles. The monoisotopic (exact) mass is 303 g/mol. The number of hydrogen-bond donors (Lipinski definition) is 0. The van der Waals surface area contributed by atoms with Gasteiger partial charge in [0.1, 0.15) is 5.75 Å². The molecule has 23 heavy (non-hydrogen) atoms. The molecule has 3 rings (SSSR count). The average Bonchev–Trinajstić information content (AvgIpc) is 2.60. The van der Waals surface area contributed by atoms with Crippen LogP contribution >= 0.6 is 0 Å². The summed E-state index contributed by atoms with van der Waals surface area (Å²) in [6, 6.07) is 17.1. The SMILES string of the molecule is CCOc1cccc(C(=O)/C=C/c2ccc3ncccc3c2)c1. The third-order valence-electron chi connectivity index (χ3n) is 3.48. The number of benzene rings is 2. The molecule has 0 saturated carbocycles. The van der Waals surface area contributed by atoms with Gasteiger partial charge in [0.05, 0.1) is 12.1 Å². The van der Waals surface area contributed by atoms with Crippen LogP contribution in [-0.2, 0) is 0 Å². The third-order valence-corrected chi connectivity index (χ3v) is 3.48. The predicted octanol–water partition coefficient (Wildman–Crippen LogP) is 4.53. The fourth-order valence-electron chi connectivity index (χ4n) is 2.37. The maximum atomic E-state index is 12.3. The minimum absolute atomic E-state index is 0.0437. The summed E-state index contributed by atoms with van der Waals surface area (Å²) in [5.41, 5.74) is 2.54. The highest BCUT2D eigenvalue weighted by Crippen LogP contribution is 2.16. The summed E-state index contributed by atoms with van der Waals surface area (Å²) in [5.74, 6) is 0.668. The smallest absolute Gasteiger partial charge is 0.185 e. The van der Waals surface area contributed by atoms with Crippen LogP contribution in [0.2, 0.25) is 0 Å². The van der Waals surface area contributed by atoms with Gasteiger partial charge in [-0.1, -0.05) is 30.3 Å². The van der Waals surface area contributed by atoms with Crippen molar-refractivity contribution in [2.75, 3.05) is 6.61 Å². The van der Waals surface area contributed by atoms with Crippen molar-refractivity contribution in [3.05, 3.63) is 78.0 Å². The molecule has 0 spiro atoms. The van der Waals surface area contributed by atoms with Crippen LogP contribution in [0, 0.1) is 0 Å². The van der Waals surface area contributed by atoms with Gasteiger partial charge in [0.25, 0.3) is 0 Å². The zero-order chi connectivity index (χ0) is 16.1. The van der Waals surface area contributed by atoms with E-state index in [4.69, 9.17) is 4.74 Å². The van der Waals surface area contributed by atoms with Crippen LogP contribution in [0.1, 0.15) is 22.8 Å². The largest absolute Gasteiger partial charge is 0.494 e. The lowest BCUT2D eigenvalue weighted by Crippen LogP contribution is -1.97. The highest BCUT2D eigenvalue weighted by atomic mass is 16.5. The fourth-order valence-corrected chi connectivity index (χ4v) is 2.37. The summed E-state index contributed by atoms with van der Waals surface area (Å²) >= 11 is 0. The van der Waals surface area contributed by atoms with Crippen molar-refractivity contribution in [3.63, 3.8) is 0 Å². The number of carbonyl (C=O) groups is 1. The lowest BCUT2D eigenvalue weighted by Gasteiger charge is -2.03. The Kier molecular flexibility index (Phi) is 4.48. The molecule has 3 heteroatoms.